The van der Waals surface area contributed by atoms with Gasteiger partial charge in [-0.25, -0.2) is 0 Å². The van der Waals surface area contributed by atoms with Gasteiger partial charge in [-0.1, -0.05) is 55.2 Å². The lowest BCUT2D eigenvalue weighted by atomic mass is 10.1. The number of hydrogen-bond acceptors (Lipinski definition) is 4. The van der Waals surface area contributed by atoms with E-state index >= 15 is 0 Å². The zero-order valence-electron chi connectivity index (χ0n) is 18.9. The molecule has 2 aromatic rings. The van der Waals surface area contributed by atoms with E-state index in [1.165, 1.54) is 11.8 Å². The van der Waals surface area contributed by atoms with Gasteiger partial charge in [0.1, 0.15) is 11.8 Å². The van der Waals surface area contributed by atoms with Gasteiger partial charge in [-0.3, -0.25) is 9.59 Å². The lowest BCUT2D eigenvalue weighted by molar-refractivity contribution is -0.138. The molecule has 1 atom stereocenters. The van der Waals surface area contributed by atoms with Gasteiger partial charge >= 0.3 is 0 Å². The summed E-state index contributed by atoms with van der Waals surface area (Å²) in [6.07, 6.45) is 0. The van der Waals surface area contributed by atoms with Crippen LogP contribution < -0.4 is 10.1 Å². The van der Waals surface area contributed by atoms with Crippen molar-refractivity contribution >= 4 is 46.8 Å². The Kier molecular flexibility index (Phi) is 10.7. The first-order chi connectivity index (χ1) is 15.2. The Bertz CT molecular complexity index is 886. The number of nitrogens with zero attached hydrogens (tertiary/aromatic N) is 1. The van der Waals surface area contributed by atoms with Crippen molar-refractivity contribution in [1.29, 1.82) is 0 Å². The van der Waals surface area contributed by atoms with E-state index in [-0.39, 0.29) is 24.1 Å². The number of carbonyl (C=O) groups is 2. The van der Waals surface area contributed by atoms with E-state index in [9.17, 15) is 9.59 Å². The predicted molar refractivity (Wildman–Crippen MR) is 133 cm³/mol. The molecule has 0 aliphatic carbocycles. The number of rotatable bonds is 11. The van der Waals surface area contributed by atoms with Crippen LogP contribution >= 0.6 is 35.0 Å². The Hall–Kier alpha value is -1.89. The molecule has 2 rings (SSSR count). The molecule has 0 bridgehead atoms. The van der Waals surface area contributed by atoms with E-state index in [0.29, 0.717) is 33.8 Å². The van der Waals surface area contributed by atoms with Gasteiger partial charge in [0.05, 0.1) is 12.9 Å². The SMILES string of the molecule is COc1ccc(CSCC(=O)N(Cc2c(Cl)cccc2Cl)[C@@H](C)C(=O)NCC(C)C)cc1. The Morgan fingerprint density at radius 2 is 1.69 bits per heavy atom. The Morgan fingerprint density at radius 1 is 1.06 bits per heavy atom. The van der Waals surface area contributed by atoms with Gasteiger partial charge in [0.2, 0.25) is 11.8 Å². The molecule has 0 unspecified atom stereocenters. The summed E-state index contributed by atoms with van der Waals surface area (Å²) in [5.74, 6) is 1.66. The molecule has 1 N–H and O–H groups in total. The Morgan fingerprint density at radius 3 is 2.25 bits per heavy atom. The predicted octanol–water partition coefficient (Wildman–Crippen LogP) is 5.42. The van der Waals surface area contributed by atoms with Crippen molar-refractivity contribution in [3.05, 3.63) is 63.6 Å². The van der Waals surface area contributed by atoms with Crippen LogP contribution in [0.1, 0.15) is 31.9 Å². The minimum absolute atomic E-state index is 0.147. The largest absolute Gasteiger partial charge is 0.497 e. The monoisotopic (exact) mass is 496 g/mol. The van der Waals surface area contributed by atoms with Crippen LogP contribution in [0.15, 0.2) is 42.5 Å². The molecular formula is C24H30Cl2N2O3S. The number of methoxy groups -OCH3 is 1. The minimum Gasteiger partial charge on any atom is -0.497 e. The van der Waals surface area contributed by atoms with Crippen LogP contribution in [-0.4, -0.2) is 42.2 Å². The van der Waals surface area contributed by atoms with Crippen molar-refractivity contribution in [2.45, 2.75) is 39.1 Å². The molecule has 0 spiro atoms. The van der Waals surface area contributed by atoms with E-state index in [2.05, 4.69) is 5.32 Å². The molecule has 0 saturated carbocycles. The van der Waals surface area contributed by atoms with Gasteiger partial charge in [-0.2, -0.15) is 0 Å². The number of nitrogens with one attached hydrogen (secondary N) is 1. The molecule has 8 heteroatoms. The highest BCUT2D eigenvalue weighted by atomic mass is 35.5. The Labute approximate surface area is 204 Å². The lowest BCUT2D eigenvalue weighted by Gasteiger charge is -2.29. The van der Waals surface area contributed by atoms with Crippen LogP contribution in [0, 0.1) is 5.92 Å². The van der Waals surface area contributed by atoms with Crippen LogP contribution in [0.4, 0.5) is 0 Å². The van der Waals surface area contributed by atoms with Crippen molar-refractivity contribution in [2.24, 2.45) is 5.92 Å². The van der Waals surface area contributed by atoms with Gasteiger partial charge in [0.15, 0.2) is 0 Å². The van der Waals surface area contributed by atoms with E-state index in [4.69, 9.17) is 27.9 Å². The number of halogens is 2. The number of benzene rings is 2. The van der Waals surface area contributed by atoms with Gasteiger partial charge in [0.25, 0.3) is 0 Å². The summed E-state index contributed by atoms with van der Waals surface area (Å²) < 4.78 is 5.18. The highest BCUT2D eigenvalue weighted by Gasteiger charge is 2.27. The second kappa shape index (κ2) is 13.0. The van der Waals surface area contributed by atoms with Crippen LogP contribution in [-0.2, 0) is 21.9 Å². The fraction of sp³-hybridized carbons (Fsp3) is 0.417. The van der Waals surface area contributed by atoms with E-state index in [1.807, 2.05) is 38.1 Å². The zero-order valence-corrected chi connectivity index (χ0v) is 21.2. The second-order valence-electron chi connectivity index (χ2n) is 7.88. The second-order valence-corrected chi connectivity index (χ2v) is 9.68. The topological polar surface area (TPSA) is 58.6 Å². The number of hydrogen-bond donors (Lipinski definition) is 1. The van der Waals surface area contributed by atoms with Crippen molar-refractivity contribution < 1.29 is 14.3 Å². The first-order valence-corrected chi connectivity index (χ1v) is 12.3. The smallest absolute Gasteiger partial charge is 0.242 e. The molecule has 2 aromatic carbocycles. The van der Waals surface area contributed by atoms with Crippen LogP contribution in [0.25, 0.3) is 0 Å². The van der Waals surface area contributed by atoms with Crippen LogP contribution in [0.3, 0.4) is 0 Å². The van der Waals surface area contributed by atoms with Crippen molar-refractivity contribution in [1.82, 2.24) is 10.2 Å². The number of amides is 2. The fourth-order valence-electron chi connectivity index (χ4n) is 2.95. The maximum absolute atomic E-state index is 13.2. The maximum atomic E-state index is 13.2. The van der Waals surface area contributed by atoms with Crippen molar-refractivity contribution in [2.75, 3.05) is 19.4 Å². The first kappa shape index (κ1) is 26.4. The molecule has 0 heterocycles. The molecule has 0 fully saturated rings. The van der Waals surface area contributed by atoms with Gasteiger partial charge in [-0.15, -0.1) is 11.8 Å². The average molecular weight is 497 g/mol. The van der Waals surface area contributed by atoms with Gasteiger partial charge in [-0.05, 0) is 42.7 Å². The fourth-order valence-corrected chi connectivity index (χ4v) is 4.34. The standard InChI is InChI=1S/C24H30Cl2N2O3S/c1-16(2)12-27-24(30)17(3)28(13-20-21(25)6-5-7-22(20)26)23(29)15-32-14-18-8-10-19(31-4)11-9-18/h5-11,16-17H,12-15H2,1-4H3,(H,27,30)/t17-/m0/s1. The van der Waals surface area contributed by atoms with E-state index < -0.39 is 6.04 Å². The molecule has 0 saturated heterocycles. The maximum Gasteiger partial charge on any atom is 0.242 e. The minimum atomic E-state index is -0.657. The summed E-state index contributed by atoms with van der Waals surface area (Å²) in [5, 5.41) is 3.84. The molecular weight excluding hydrogens is 467 g/mol. The first-order valence-electron chi connectivity index (χ1n) is 10.4. The Balaban J connectivity index is 2.10. The zero-order chi connectivity index (χ0) is 23.7. The summed E-state index contributed by atoms with van der Waals surface area (Å²) in [6, 6.07) is 12.3. The third-order valence-electron chi connectivity index (χ3n) is 4.90. The highest BCUT2D eigenvalue weighted by molar-refractivity contribution is 7.99. The summed E-state index contributed by atoms with van der Waals surface area (Å²) in [5.41, 5.74) is 1.72. The summed E-state index contributed by atoms with van der Waals surface area (Å²) in [4.78, 5) is 27.4. The highest BCUT2D eigenvalue weighted by Crippen LogP contribution is 2.27. The number of thioether (sulfide) groups is 1. The molecule has 32 heavy (non-hydrogen) atoms. The number of ether oxygens (including phenoxy) is 1. The van der Waals surface area contributed by atoms with E-state index in [0.717, 1.165) is 11.3 Å². The van der Waals surface area contributed by atoms with E-state index in [1.54, 1.807) is 37.1 Å². The molecule has 0 aromatic heterocycles. The molecule has 5 nitrogen and oxygen atoms in total. The molecule has 0 aliphatic heterocycles. The summed E-state index contributed by atoms with van der Waals surface area (Å²) in [7, 11) is 1.63. The number of carbonyl (C=O) groups excluding carboxylic acids is 2. The van der Waals surface area contributed by atoms with Crippen molar-refractivity contribution in [3.63, 3.8) is 0 Å². The summed E-state index contributed by atoms with van der Waals surface area (Å²) >= 11 is 14.2. The summed E-state index contributed by atoms with van der Waals surface area (Å²) in [6.45, 7) is 6.48. The average Bonchev–Trinajstić information content (AvgIpc) is 2.77. The molecule has 174 valence electrons. The molecule has 2 amide bonds. The normalized spacial score (nSPS) is 11.8. The van der Waals surface area contributed by atoms with Crippen molar-refractivity contribution in [3.8, 4) is 5.75 Å². The van der Waals surface area contributed by atoms with Gasteiger partial charge < -0.3 is 15.0 Å². The lowest BCUT2D eigenvalue weighted by Crippen LogP contribution is -2.48. The quantitative estimate of drug-likeness (QED) is 0.450. The third kappa shape index (κ3) is 7.91. The van der Waals surface area contributed by atoms with Crippen LogP contribution in [0.2, 0.25) is 10.0 Å². The van der Waals surface area contributed by atoms with Crippen LogP contribution in [0.5, 0.6) is 5.75 Å². The molecule has 0 radical (unpaired) electrons. The molecule has 0 aliphatic rings. The third-order valence-corrected chi connectivity index (χ3v) is 6.59. The van der Waals surface area contributed by atoms with Gasteiger partial charge in [0, 0.05) is 34.5 Å².